The first-order valence-electron chi connectivity index (χ1n) is 7.86. The lowest BCUT2D eigenvalue weighted by Gasteiger charge is -2.20. The number of sulfonamides is 1. The zero-order chi connectivity index (χ0) is 17.3. The fourth-order valence-electron chi connectivity index (χ4n) is 2.78. The van der Waals surface area contributed by atoms with E-state index in [4.69, 9.17) is 9.47 Å². The Bertz CT molecular complexity index is 861. The Morgan fingerprint density at radius 2 is 1.71 bits per heavy atom. The predicted molar refractivity (Wildman–Crippen MR) is 92.1 cm³/mol. The fraction of sp³-hybridized carbons (Fsp3) is 0.333. The first-order valence-corrected chi connectivity index (χ1v) is 9.34. The molecular weight excluding hydrogens is 326 g/mol. The van der Waals surface area contributed by atoms with Crippen LogP contribution in [0.25, 0.3) is 0 Å². The Balaban J connectivity index is 1.87. The topological polar surface area (TPSA) is 64.6 Å². The Kier molecular flexibility index (Phi) is 4.51. The van der Waals surface area contributed by atoms with Crippen molar-refractivity contribution in [3.05, 3.63) is 53.1 Å². The van der Waals surface area contributed by atoms with Gasteiger partial charge in [-0.25, -0.2) is 13.1 Å². The van der Waals surface area contributed by atoms with E-state index in [1.165, 1.54) is 12.1 Å². The van der Waals surface area contributed by atoms with E-state index in [1.54, 1.807) is 6.07 Å². The SMILES string of the molecule is Cc1ccc(C)c([C@@H](C)NS(=O)(=O)c2ccc3c(c2)OCCO3)c1. The van der Waals surface area contributed by atoms with Crippen LogP contribution in [-0.2, 0) is 10.0 Å². The highest BCUT2D eigenvalue weighted by Gasteiger charge is 2.22. The van der Waals surface area contributed by atoms with E-state index in [0.29, 0.717) is 24.7 Å². The minimum atomic E-state index is -3.66. The summed E-state index contributed by atoms with van der Waals surface area (Å²) in [4.78, 5) is 0.170. The van der Waals surface area contributed by atoms with Gasteiger partial charge < -0.3 is 9.47 Å². The number of ether oxygens (including phenoxy) is 2. The van der Waals surface area contributed by atoms with Crippen LogP contribution in [0.4, 0.5) is 0 Å². The molecule has 1 atom stereocenters. The summed E-state index contributed by atoms with van der Waals surface area (Å²) >= 11 is 0. The first kappa shape index (κ1) is 16.8. The van der Waals surface area contributed by atoms with Gasteiger partial charge in [0, 0.05) is 12.1 Å². The van der Waals surface area contributed by atoms with Gasteiger partial charge in [0.05, 0.1) is 4.90 Å². The summed E-state index contributed by atoms with van der Waals surface area (Å²) in [5.41, 5.74) is 3.12. The van der Waals surface area contributed by atoms with E-state index in [0.717, 1.165) is 16.7 Å². The van der Waals surface area contributed by atoms with Crippen LogP contribution in [0.1, 0.15) is 29.7 Å². The molecule has 0 bridgehead atoms. The van der Waals surface area contributed by atoms with Crippen molar-refractivity contribution in [2.45, 2.75) is 31.7 Å². The third-order valence-corrected chi connectivity index (χ3v) is 5.60. The molecular formula is C18H21NO4S. The standard InChI is InChI=1S/C18H21NO4S/c1-12-4-5-13(2)16(10-12)14(3)19-24(20,21)15-6-7-17-18(11-15)23-9-8-22-17/h4-7,10-11,14,19H,8-9H2,1-3H3/t14-/m1/s1. The third-order valence-electron chi connectivity index (χ3n) is 4.06. The van der Waals surface area contributed by atoms with Gasteiger partial charge >= 0.3 is 0 Å². The van der Waals surface area contributed by atoms with Crippen LogP contribution < -0.4 is 14.2 Å². The molecule has 1 aliphatic heterocycles. The summed E-state index contributed by atoms with van der Waals surface area (Å²) in [5.74, 6) is 1.03. The van der Waals surface area contributed by atoms with Crippen LogP contribution in [-0.4, -0.2) is 21.6 Å². The quantitative estimate of drug-likeness (QED) is 0.923. The van der Waals surface area contributed by atoms with E-state index in [-0.39, 0.29) is 10.9 Å². The molecule has 0 saturated carbocycles. The summed E-state index contributed by atoms with van der Waals surface area (Å²) < 4.78 is 39.0. The summed E-state index contributed by atoms with van der Waals surface area (Å²) in [5, 5.41) is 0. The number of nitrogens with one attached hydrogen (secondary N) is 1. The predicted octanol–water partition coefficient (Wildman–Crippen LogP) is 3.11. The van der Waals surface area contributed by atoms with E-state index < -0.39 is 10.0 Å². The molecule has 2 aromatic carbocycles. The van der Waals surface area contributed by atoms with Crippen molar-refractivity contribution in [2.75, 3.05) is 13.2 Å². The van der Waals surface area contributed by atoms with E-state index in [2.05, 4.69) is 4.72 Å². The van der Waals surface area contributed by atoms with Crippen molar-refractivity contribution in [3.8, 4) is 11.5 Å². The van der Waals surface area contributed by atoms with Gasteiger partial charge in [-0.1, -0.05) is 23.8 Å². The summed E-state index contributed by atoms with van der Waals surface area (Å²) in [6.45, 7) is 6.70. The Morgan fingerprint density at radius 1 is 1.00 bits per heavy atom. The van der Waals surface area contributed by atoms with Gasteiger partial charge in [0.2, 0.25) is 10.0 Å². The average molecular weight is 347 g/mol. The maximum Gasteiger partial charge on any atom is 0.241 e. The van der Waals surface area contributed by atoms with Crippen LogP contribution in [0.15, 0.2) is 41.3 Å². The number of aryl methyl sites for hydroxylation is 2. The molecule has 0 fully saturated rings. The zero-order valence-electron chi connectivity index (χ0n) is 14.0. The molecule has 1 heterocycles. The van der Waals surface area contributed by atoms with Crippen LogP contribution in [0, 0.1) is 13.8 Å². The first-order chi connectivity index (χ1) is 11.4. The lowest BCUT2D eigenvalue weighted by molar-refractivity contribution is 0.171. The number of rotatable bonds is 4. The Labute approximate surface area is 142 Å². The third kappa shape index (κ3) is 3.39. The smallest absolute Gasteiger partial charge is 0.241 e. The van der Waals surface area contributed by atoms with Crippen LogP contribution in [0.5, 0.6) is 11.5 Å². The monoisotopic (exact) mass is 347 g/mol. The van der Waals surface area contributed by atoms with Gasteiger partial charge in [-0.15, -0.1) is 0 Å². The van der Waals surface area contributed by atoms with Crippen molar-refractivity contribution in [2.24, 2.45) is 0 Å². The maximum absolute atomic E-state index is 12.7. The average Bonchev–Trinajstić information content (AvgIpc) is 2.56. The van der Waals surface area contributed by atoms with Gasteiger partial charge in [-0.2, -0.15) is 0 Å². The normalized spacial score (nSPS) is 15.1. The second-order valence-corrected chi connectivity index (χ2v) is 7.72. The van der Waals surface area contributed by atoms with Crippen molar-refractivity contribution < 1.29 is 17.9 Å². The molecule has 0 saturated heterocycles. The van der Waals surface area contributed by atoms with Crippen molar-refractivity contribution in [1.82, 2.24) is 4.72 Å². The van der Waals surface area contributed by atoms with Gasteiger partial charge in [0.1, 0.15) is 13.2 Å². The highest BCUT2D eigenvalue weighted by Crippen LogP contribution is 2.32. The molecule has 1 N–H and O–H groups in total. The fourth-order valence-corrected chi connectivity index (χ4v) is 4.02. The van der Waals surface area contributed by atoms with Crippen LogP contribution in [0.3, 0.4) is 0 Å². The molecule has 0 spiro atoms. The van der Waals surface area contributed by atoms with Crippen molar-refractivity contribution in [1.29, 1.82) is 0 Å². The molecule has 24 heavy (non-hydrogen) atoms. The lowest BCUT2D eigenvalue weighted by Crippen LogP contribution is -2.27. The molecule has 0 aromatic heterocycles. The van der Waals surface area contributed by atoms with Gasteiger partial charge in [0.25, 0.3) is 0 Å². The highest BCUT2D eigenvalue weighted by atomic mass is 32.2. The van der Waals surface area contributed by atoms with E-state index in [9.17, 15) is 8.42 Å². The van der Waals surface area contributed by atoms with Gasteiger partial charge in [0.15, 0.2) is 11.5 Å². The zero-order valence-corrected chi connectivity index (χ0v) is 14.8. The Morgan fingerprint density at radius 3 is 2.46 bits per heavy atom. The molecule has 0 aliphatic carbocycles. The van der Waals surface area contributed by atoms with Crippen LogP contribution in [0.2, 0.25) is 0 Å². The number of fused-ring (bicyclic) bond motifs is 1. The molecule has 128 valence electrons. The van der Waals surface area contributed by atoms with Gasteiger partial charge in [-0.05, 0) is 44.0 Å². The number of benzene rings is 2. The van der Waals surface area contributed by atoms with Crippen molar-refractivity contribution >= 4 is 10.0 Å². The largest absolute Gasteiger partial charge is 0.486 e. The van der Waals surface area contributed by atoms with Crippen molar-refractivity contribution in [3.63, 3.8) is 0 Å². The molecule has 0 radical (unpaired) electrons. The maximum atomic E-state index is 12.7. The highest BCUT2D eigenvalue weighted by molar-refractivity contribution is 7.89. The number of hydrogen-bond acceptors (Lipinski definition) is 4. The number of hydrogen-bond donors (Lipinski definition) is 1. The van der Waals surface area contributed by atoms with E-state index in [1.807, 2.05) is 39.0 Å². The van der Waals surface area contributed by atoms with E-state index >= 15 is 0 Å². The summed E-state index contributed by atoms with van der Waals surface area (Å²) in [6.07, 6.45) is 0. The molecule has 3 rings (SSSR count). The minimum Gasteiger partial charge on any atom is -0.486 e. The molecule has 1 aliphatic rings. The molecule has 2 aromatic rings. The minimum absolute atomic E-state index is 0.170. The second-order valence-electron chi connectivity index (χ2n) is 6.01. The summed E-state index contributed by atoms with van der Waals surface area (Å²) in [6, 6.07) is 10.4. The molecule has 0 unspecified atom stereocenters. The Hall–Kier alpha value is -2.05. The molecule has 6 heteroatoms. The second kappa shape index (κ2) is 6.45. The lowest BCUT2D eigenvalue weighted by atomic mass is 10.0. The van der Waals surface area contributed by atoms with Crippen LogP contribution >= 0.6 is 0 Å². The molecule has 5 nitrogen and oxygen atoms in total. The molecule has 0 amide bonds. The summed E-state index contributed by atoms with van der Waals surface area (Å²) in [7, 11) is -3.66. The van der Waals surface area contributed by atoms with Gasteiger partial charge in [-0.3, -0.25) is 0 Å².